The van der Waals surface area contributed by atoms with E-state index in [1.54, 1.807) is 27.0 Å². The largest absolute Gasteiger partial charge is 0.461 e. The van der Waals surface area contributed by atoms with Crippen molar-refractivity contribution in [2.45, 2.75) is 83.6 Å². The first-order chi connectivity index (χ1) is 13.9. The lowest BCUT2D eigenvalue weighted by Gasteiger charge is -2.27. The molecule has 0 amide bonds. The molecule has 3 fully saturated rings. The second kappa shape index (κ2) is 6.61. The average Bonchev–Trinajstić information content (AvgIpc) is 3.45. The second-order valence-corrected chi connectivity index (χ2v) is 10.5. The second-order valence-electron chi connectivity index (χ2n) is 10.5. The summed E-state index contributed by atoms with van der Waals surface area (Å²) in [5.74, 6) is -1.56. The lowest BCUT2D eigenvalue weighted by molar-refractivity contribution is -0.154. The third-order valence-corrected chi connectivity index (χ3v) is 8.32. The number of hydrogen-bond donors (Lipinski definition) is 2. The molecule has 1 aliphatic heterocycles. The molecule has 0 radical (unpaired) electrons. The highest BCUT2D eigenvalue weighted by atomic mass is 16.7. The average molecular weight is 423 g/mol. The van der Waals surface area contributed by atoms with Gasteiger partial charge in [-0.15, -0.1) is 0 Å². The van der Waals surface area contributed by atoms with Gasteiger partial charge < -0.3 is 24.4 Å². The van der Waals surface area contributed by atoms with Crippen LogP contribution in [0.5, 0.6) is 0 Å². The number of fused-ring (bicyclic) bond motifs is 1. The molecule has 0 aromatic rings. The van der Waals surface area contributed by atoms with Crippen LogP contribution in [0, 0.1) is 29.1 Å². The maximum absolute atomic E-state index is 13.8. The van der Waals surface area contributed by atoms with Gasteiger partial charge in [-0.3, -0.25) is 9.59 Å². The smallest absolute Gasteiger partial charge is 0.302 e. The van der Waals surface area contributed by atoms with E-state index < -0.39 is 47.5 Å². The summed E-state index contributed by atoms with van der Waals surface area (Å²) in [6, 6.07) is 0. The fraction of sp³-hybridized carbons (Fsp3) is 0.826. The first-order valence-corrected chi connectivity index (χ1v) is 10.9. The van der Waals surface area contributed by atoms with E-state index >= 15 is 0 Å². The summed E-state index contributed by atoms with van der Waals surface area (Å²) in [5, 5.41) is 22.1. The van der Waals surface area contributed by atoms with Crippen LogP contribution >= 0.6 is 0 Å². The van der Waals surface area contributed by atoms with Crippen LogP contribution in [0.15, 0.2) is 11.6 Å². The predicted octanol–water partition coefficient (Wildman–Crippen LogP) is 1.64. The molecular weight excluding hydrogens is 388 g/mol. The standard InChI is InChI=1S/C23H34O7/c1-10-8-22-19(26)11(2)9-23(22,30-22)20(27)12(3)17(29-13(4)24)14-15(21(14,5)6)18(28-7)16(10)25/h8,11-12,14-19,25-26H,9H2,1-7H3/b10-8+/t11-,12+,14-,15+,16+,17-,18-,19-,22-,23-/m0/s1. The maximum atomic E-state index is 13.8. The fourth-order valence-electron chi connectivity index (χ4n) is 6.65. The Morgan fingerprint density at radius 1 is 1.20 bits per heavy atom. The molecule has 7 heteroatoms. The van der Waals surface area contributed by atoms with Gasteiger partial charge >= 0.3 is 5.97 Å². The summed E-state index contributed by atoms with van der Waals surface area (Å²) in [7, 11) is 1.56. The molecule has 168 valence electrons. The molecule has 4 aliphatic rings. The number of Topliss-reactive ketones (excluding diaryl/α,β-unsaturated/α-hetero) is 1. The maximum Gasteiger partial charge on any atom is 0.302 e. The zero-order valence-electron chi connectivity index (χ0n) is 18.8. The Morgan fingerprint density at radius 3 is 2.37 bits per heavy atom. The zero-order valence-corrected chi connectivity index (χ0v) is 18.8. The van der Waals surface area contributed by atoms with Gasteiger partial charge in [-0.05, 0) is 36.3 Å². The Morgan fingerprint density at radius 2 is 1.80 bits per heavy atom. The number of rotatable bonds is 2. The van der Waals surface area contributed by atoms with Crippen LogP contribution < -0.4 is 0 Å². The van der Waals surface area contributed by atoms with Crippen molar-refractivity contribution >= 4 is 11.8 Å². The molecule has 4 rings (SSSR count). The van der Waals surface area contributed by atoms with Crippen molar-refractivity contribution in [2.24, 2.45) is 29.1 Å². The van der Waals surface area contributed by atoms with E-state index in [0.29, 0.717) is 12.0 Å². The highest BCUT2D eigenvalue weighted by molar-refractivity contribution is 5.96. The minimum atomic E-state index is -1.15. The Kier molecular flexibility index (Phi) is 4.83. The Hall–Kier alpha value is -1.28. The number of ether oxygens (including phenoxy) is 3. The quantitative estimate of drug-likeness (QED) is 0.396. The normalized spacial score (nSPS) is 53.4. The van der Waals surface area contributed by atoms with E-state index in [9.17, 15) is 19.8 Å². The Bertz CT molecular complexity index is 803. The molecule has 0 bridgehead atoms. The number of hydrogen-bond acceptors (Lipinski definition) is 7. The molecule has 30 heavy (non-hydrogen) atoms. The van der Waals surface area contributed by atoms with Crippen LogP contribution in [-0.4, -0.2) is 64.7 Å². The number of epoxide rings is 1. The van der Waals surface area contributed by atoms with Crippen molar-refractivity contribution < 1.29 is 34.0 Å². The molecule has 0 spiro atoms. The van der Waals surface area contributed by atoms with Crippen LogP contribution in [0.3, 0.4) is 0 Å². The van der Waals surface area contributed by atoms with Gasteiger partial charge in [0.05, 0.1) is 18.1 Å². The lowest BCUT2D eigenvalue weighted by atomic mass is 9.80. The summed E-state index contributed by atoms with van der Waals surface area (Å²) in [5.41, 5.74) is -1.96. The van der Waals surface area contributed by atoms with Gasteiger partial charge in [0.15, 0.2) is 17.0 Å². The van der Waals surface area contributed by atoms with Gasteiger partial charge in [0.2, 0.25) is 0 Å². The molecule has 1 heterocycles. The van der Waals surface area contributed by atoms with Gasteiger partial charge in [0.25, 0.3) is 0 Å². The minimum Gasteiger partial charge on any atom is -0.461 e. The summed E-state index contributed by atoms with van der Waals surface area (Å²) < 4.78 is 17.5. The SMILES string of the molecule is CO[C@H]1[C@H]2[C@@H]([C@@H](OC(C)=O)[C@@H](C)C(=O)[C@@]34C[C@H](C)[C@H](O)[C@]3(/C=C(\C)[C@H]1O)O4)C2(C)C. The van der Waals surface area contributed by atoms with Crippen molar-refractivity contribution in [3.8, 4) is 0 Å². The van der Waals surface area contributed by atoms with E-state index in [-0.39, 0.29) is 29.0 Å². The first kappa shape index (κ1) is 21.9. The van der Waals surface area contributed by atoms with Crippen molar-refractivity contribution in [3.63, 3.8) is 0 Å². The minimum absolute atomic E-state index is 0.0884. The Balaban J connectivity index is 1.85. The molecule has 0 aromatic heterocycles. The van der Waals surface area contributed by atoms with Gasteiger partial charge in [0.1, 0.15) is 12.2 Å². The number of carbonyl (C=O) groups excluding carboxylic acids is 2. The van der Waals surface area contributed by atoms with E-state index in [4.69, 9.17) is 14.2 Å². The highest BCUT2D eigenvalue weighted by Crippen LogP contribution is 2.68. The lowest BCUT2D eigenvalue weighted by Crippen LogP contribution is -2.43. The molecule has 3 aliphatic carbocycles. The van der Waals surface area contributed by atoms with Crippen LogP contribution in [0.1, 0.15) is 48.0 Å². The summed E-state index contributed by atoms with van der Waals surface area (Å²) >= 11 is 0. The third kappa shape index (κ3) is 2.65. The van der Waals surface area contributed by atoms with Gasteiger partial charge in [-0.2, -0.15) is 0 Å². The number of aliphatic hydroxyl groups excluding tert-OH is 2. The van der Waals surface area contributed by atoms with E-state index in [0.717, 1.165) is 0 Å². The summed E-state index contributed by atoms with van der Waals surface area (Å²) in [4.78, 5) is 25.7. The van der Waals surface area contributed by atoms with E-state index in [1.807, 2.05) is 6.92 Å². The number of ketones is 1. The van der Waals surface area contributed by atoms with Crippen LogP contribution in [-0.2, 0) is 23.8 Å². The van der Waals surface area contributed by atoms with Crippen molar-refractivity contribution in [1.82, 2.24) is 0 Å². The summed E-state index contributed by atoms with van der Waals surface area (Å²) in [6.45, 7) is 10.9. The van der Waals surface area contributed by atoms with Gasteiger partial charge in [-0.25, -0.2) is 0 Å². The van der Waals surface area contributed by atoms with Crippen LogP contribution in [0.4, 0.5) is 0 Å². The fourth-order valence-corrected chi connectivity index (χ4v) is 6.65. The van der Waals surface area contributed by atoms with E-state index in [1.165, 1.54) is 6.92 Å². The van der Waals surface area contributed by atoms with Crippen molar-refractivity contribution in [2.75, 3.05) is 7.11 Å². The Labute approximate surface area is 177 Å². The molecule has 1 saturated heterocycles. The summed E-state index contributed by atoms with van der Waals surface area (Å²) in [6.07, 6.45) is -0.822. The van der Waals surface area contributed by atoms with Gasteiger partial charge in [0, 0.05) is 25.9 Å². The van der Waals surface area contributed by atoms with Gasteiger partial charge in [-0.1, -0.05) is 27.7 Å². The molecule has 2 N–H and O–H groups in total. The first-order valence-electron chi connectivity index (χ1n) is 10.9. The van der Waals surface area contributed by atoms with Crippen LogP contribution in [0.2, 0.25) is 0 Å². The topological polar surface area (TPSA) is 106 Å². The molecular formula is C23H34O7. The third-order valence-electron chi connectivity index (χ3n) is 8.32. The number of esters is 1. The zero-order chi connectivity index (χ0) is 22.4. The highest BCUT2D eigenvalue weighted by Gasteiger charge is 2.82. The number of aliphatic hydroxyl groups is 2. The molecule has 7 nitrogen and oxygen atoms in total. The van der Waals surface area contributed by atoms with Crippen molar-refractivity contribution in [1.29, 1.82) is 0 Å². The predicted molar refractivity (Wildman–Crippen MR) is 107 cm³/mol. The number of methoxy groups -OCH3 is 1. The van der Waals surface area contributed by atoms with Crippen LogP contribution in [0.25, 0.3) is 0 Å². The molecule has 0 unspecified atom stereocenters. The molecule has 10 atom stereocenters. The monoisotopic (exact) mass is 422 g/mol. The molecule has 2 saturated carbocycles. The van der Waals surface area contributed by atoms with Crippen molar-refractivity contribution in [3.05, 3.63) is 11.6 Å². The number of carbonyl (C=O) groups is 2. The molecule has 0 aromatic carbocycles. The van der Waals surface area contributed by atoms with E-state index in [2.05, 4.69) is 13.8 Å².